The highest BCUT2D eigenvalue weighted by Crippen LogP contribution is 2.13. The Bertz CT molecular complexity index is 601. The van der Waals surface area contributed by atoms with E-state index in [1.807, 2.05) is 0 Å². The Morgan fingerprint density at radius 2 is 2.11 bits per heavy atom. The van der Waals surface area contributed by atoms with E-state index in [1.165, 1.54) is 0 Å². The topological polar surface area (TPSA) is 83.8 Å². The van der Waals surface area contributed by atoms with Crippen molar-refractivity contribution in [1.29, 1.82) is 0 Å². The Labute approximate surface area is 105 Å². The van der Waals surface area contributed by atoms with Crippen LogP contribution in [0.1, 0.15) is 26.7 Å². The number of nitrogens with zero attached hydrogens (tertiary/aromatic N) is 1. The quantitative estimate of drug-likeness (QED) is 0.721. The number of hydrogen-bond donors (Lipinski definition) is 3. The maximum Gasteiger partial charge on any atom is 0.260 e. The molecule has 5 nitrogen and oxygen atoms in total. The van der Waals surface area contributed by atoms with Crippen LogP contribution in [0, 0.1) is 0 Å². The van der Waals surface area contributed by atoms with Crippen LogP contribution in [0.2, 0.25) is 0 Å². The SMILES string of the molecule is CCC(CC)Nc1nc2ccc(N)cc2c(=O)[nH]1. The first kappa shape index (κ1) is 12.4. The molecule has 2 aromatic rings. The Balaban J connectivity index is 2.43. The van der Waals surface area contributed by atoms with Gasteiger partial charge in [0.25, 0.3) is 5.56 Å². The zero-order chi connectivity index (χ0) is 13.1. The standard InChI is InChI=1S/C13H18N4O/c1-3-9(4-2)15-13-16-11-6-5-8(14)7-10(11)12(18)17-13/h5-7,9H,3-4,14H2,1-2H3,(H2,15,16,17,18). The van der Waals surface area contributed by atoms with E-state index in [-0.39, 0.29) is 5.56 Å². The third-order valence-electron chi connectivity index (χ3n) is 3.06. The summed E-state index contributed by atoms with van der Waals surface area (Å²) in [4.78, 5) is 19.1. The largest absolute Gasteiger partial charge is 0.399 e. The molecule has 2 rings (SSSR count). The molecule has 1 aromatic carbocycles. The van der Waals surface area contributed by atoms with Gasteiger partial charge < -0.3 is 11.1 Å². The summed E-state index contributed by atoms with van der Waals surface area (Å²) in [5.74, 6) is 0.519. The number of nitrogens with two attached hydrogens (primary N) is 1. The van der Waals surface area contributed by atoms with E-state index in [0.29, 0.717) is 28.6 Å². The highest BCUT2D eigenvalue weighted by Gasteiger charge is 2.07. The summed E-state index contributed by atoms with van der Waals surface area (Å²) in [7, 11) is 0. The number of rotatable bonds is 4. The second-order valence-corrected chi connectivity index (χ2v) is 4.35. The van der Waals surface area contributed by atoms with Crippen LogP contribution in [0.4, 0.5) is 11.6 Å². The lowest BCUT2D eigenvalue weighted by Crippen LogP contribution is -2.21. The molecule has 0 bridgehead atoms. The second kappa shape index (κ2) is 5.08. The van der Waals surface area contributed by atoms with Crippen molar-refractivity contribution in [2.45, 2.75) is 32.7 Å². The van der Waals surface area contributed by atoms with E-state index in [1.54, 1.807) is 18.2 Å². The van der Waals surface area contributed by atoms with Crippen LogP contribution in [0.25, 0.3) is 10.9 Å². The zero-order valence-electron chi connectivity index (χ0n) is 10.7. The minimum atomic E-state index is -0.166. The highest BCUT2D eigenvalue weighted by molar-refractivity contribution is 5.81. The molecule has 0 fully saturated rings. The Kier molecular flexibility index (Phi) is 3.50. The first-order valence-electron chi connectivity index (χ1n) is 6.20. The summed E-state index contributed by atoms with van der Waals surface area (Å²) in [5.41, 5.74) is 6.71. The maximum absolute atomic E-state index is 11.9. The van der Waals surface area contributed by atoms with Gasteiger partial charge in [-0.25, -0.2) is 4.98 Å². The molecule has 18 heavy (non-hydrogen) atoms. The summed E-state index contributed by atoms with van der Waals surface area (Å²) < 4.78 is 0. The van der Waals surface area contributed by atoms with E-state index in [0.717, 1.165) is 12.8 Å². The van der Waals surface area contributed by atoms with E-state index in [9.17, 15) is 4.79 Å². The Hall–Kier alpha value is -2.04. The molecule has 0 spiro atoms. The van der Waals surface area contributed by atoms with Crippen LogP contribution in [0.3, 0.4) is 0 Å². The molecule has 0 aliphatic carbocycles. The Morgan fingerprint density at radius 1 is 1.39 bits per heavy atom. The molecule has 0 saturated heterocycles. The van der Waals surface area contributed by atoms with Gasteiger partial charge in [0, 0.05) is 11.7 Å². The smallest absolute Gasteiger partial charge is 0.260 e. The monoisotopic (exact) mass is 246 g/mol. The number of hydrogen-bond acceptors (Lipinski definition) is 4. The zero-order valence-corrected chi connectivity index (χ0v) is 10.7. The molecule has 5 heteroatoms. The summed E-state index contributed by atoms with van der Waals surface area (Å²) in [6, 6.07) is 5.47. The number of nitrogens with one attached hydrogen (secondary N) is 2. The average molecular weight is 246 g/mol. The third-order valence-corrected chi connectivity index (χ3v) is 3.06. The van der Waals surface area contributed by atoms with Crippen LogP contribution in [0.15, 0.2) is 23.0 Å². The van der Waals surface area contributed by atoms with Crippen molar-refractivity contribution in [2.24, 2.45) is 0 Å². The minimum absolute atomic E-state index is 0.166. The molecule has 0 amide bonds. The van der Waals surface area contributed by atoms with Crippen LogP contribution in [-0.2, 0) is 0 Å². The first-order valence-corrected chi connectivity index (χ1v) is 6.20. The van der Waals surface area contributed by atoms with Gasteiger partial charge in [0.2, 0.25) is 5.95 Å². The molecule has 0 saturated carbocycles. The van der Waals surface area contributed by atoms with E-state index < -0.39 is 0 Å². The molecule has 0 aliphatic rings. The molecule has 1 aromatic heterocycles. The predicted octanol–water partition coefficient (Wildman–Crippen LogP) is 2.11. The lowest BCUT2D eigenvalue weighted by Gasteiger charge is -2.15. The van der Waals surface area contributed by atoms with E-state index in [2.05, 4.69) is 29.1 Å². The molecular formula is C13H18N4O. The molecule has 0 unspecified atom stereocenters. The van der Waals surface area contributed by atoms with Gasteiger partial charge in [0.05, 0.1) is 10.9 Å². The van der Waals surface area contributed by atoms with Gasteiger partial charge in [-0.05, 0) is 31.0 Å². The van der Waals surface area contributed by atoms with Gasteiger partial charge in [-0.3, -0.25) is 9.78 Å². The van der Waals surface area contributed by atoms with E-state index in [4.69, 9.17) is 5.73 Å². The number of fused-ring (bicyclic) bond motifs is 1. The molecular weight excluding hydrogens is 228 g/mol. The van der Waals surface area contributed by atoms with Gasteiger partial charge in [-0.2, -0.15) is 0 Å². The van der Waals surface area contributed by atoms with Crippen molar-refractivity contribution >= 4 is 22.5 Å². The van der Waals surface area contributed by atoms with Crippen LogP contribution in [-0.4, -0.2) is 16.0 Å². The number of nitrogen functional groups attached to an aromatic ring is 1. The normalized spacial score (nSPS) is 11.1. The molecule has 4 N–H and O–H groups in total. The fourth-order valence-corrected chi connectivity index (χ4v) is 1.91. The molecule has 1 heterocycles. The van der Waals surface area contributed by atoms with Gasteiger partial charge in [0.15, 0.2) is 0 Å². The summed E-state index contributed by atoms with van der Waals surface area (Å²) >= 11 is 0. The van der Waals surface area contributed by atoms with Crippen LogP contribution >= 0.6 is 0 Å². The van der Waals surface area contributed by atoms with Gasteiger partial charge >= 0.3 is 0 Å². The predicted molar refractivity (Wildman–Crippen MR) is 74.8 cm³/mol. The molecule has 0 atom stereocenters. The van der Waals surface area contributed by atoms with Crippen molar-refractivity contribution in [3.63, 3.8) is 0 Å². The summed E-state index contributed by atoms with van der Waals surface area (Å²) in [6.45, 7) is 4.20. The van der Waals surface area contributed by atoms with Crippen molar-refractivity contribution in [2.75, 3.05) is 11.1 Å². The number of anilines is 2. The number of H-pyrrole nitrogens is 1. The molecule has 0 radical (unpaired) electrons. The highest BCUT2D eigenvalue weighted by atomic mass is 16.1. The molecule has 0 aliphatic heterocycles. The van der Waals surface area contributed by atoms with Crippen molar-refractivity contribution in [3.8, 4) is 0 Å². The lowest BCUT2D eigenvalue weighted by molar-refractivity contribution is 0.665. The average Bonchev–Trinajstić information content (AvgIpc) is 2.37. The van der Waals surface area contributed by atoms with Crippen molar-refractivity contribution in [3.05, 3.63) is 28.6 Å². The first-order chi connectivity index (χ1) is 8.63. The number of benzene rings is 1. The fraction of sp³-hybridized carbons (Fsp3) is 0.385. The van der Waals surface area contributed by atoms with Gasteiger partial charge in [-0.1, -0.05) is 13.8 Å². The number of aromatic nitrogens is 2. The molecule has 96 valence electrons. The van der Waals surface area contributed by atoms with Gasteiger partial charge in [0.1, 0.15) is 0 Å². The third kappa shape index (κ3) is 2.45. The lowest BCUT2D eigenvalue weighted by atomic mass is 10.2. The Morgan fingerprint density at radius 3 is 2.78 bits per heavy atom. The van der Waals surface area contributed by atoms with Gasteiger partial charge in [-0.15, -0.1) is 0 Å². The van der Waals surface area contributed by atoms with Crippen LogP contribution < -0.4 is 16.6 Å². The summed E-state index contributed by atoms with van der Waals surface area (Å²) in [6.07, 6.45) is 1.97. The van der Waals surface area contributed by atoms with Crippen molar-refractivity contribution < 1.29 is 0 Å². The van der Waals surface area contributed by atoms with Crippen LogP contribution in [0.5, 0.6) is 0 Å². The minimum Gasteiger partial charge on any atom is -0.399 e. The fourth-order valence-electron chi connectivity index (χ4n) is 1.91. The van der Waals surface area contributed by atoms with E-state index >= 15 is 0 Å². The second-order valence-electron chi connectivity index (χ2n) is 4.35. The number of aromatic amines is 1. The maximum atomic E-state index is 11.9. The summed E-state index contributed by atoms with van der Waals surface area (Å²) in [5, 5.41) is 3.75. The van der Waals surface area contributed by atoms with Crippen molar-refractivity contribution in [1.82, 2.24) is 9.97 Å².